The maximum atomic E-state index is 11.8. The molecule has 114 valence electrons. The molecule has 0 bridgehead atoms. The number of esters is 1. The SMILES string of the molecule is COC(=O)CCc1ccc(C(=O)NC[C@H](N)C(=O)O)cc1. The van der Waals surface area contributed by atoms with Crippen LogP contribution in [0.5, 0.6) is 0 Å². The van der Waals surface area contributed by atoms with E-state index in [1.54, 1.807) is 24.3 Å². The highest BCUT2D eigenvalue weighted by Crippen LogP contribution is 2.07. The van der Waals surface area contributed by atoms with E-state index in [9.17, 15) is 14.4 Å². The highest BCUT2D eigenvalue weighted by Gasteiger charge is 2.13. The van der Waals surface area contributed by atoms with Crippen molar-refractivity contribution in [3.05, 3.63) is 35.4 Å². The number of carbonyl (C=O) groups is 3. The number of carboxylic acids is 1. The third-order valence-corrected chi connectivity index (χ3v) is 2.86. The number of nitrogens with two attached hydrogens (primary N) is 1. The highest BCUT2D eigenvalue weighted by molar-refractivity contribution is 5.94. The molecule has 1 amide bonds. The zero-order valence-electron chi connectivity index (χ0n) is 11.7. The first-order valence-electron chi connectivity index (χ1n) is 6.36. The van der Waals surface area contributed by atoms with E-state index < -0.39 is 17.9 Å². The van der Waals surface area contributed by atoms with E-state index in [0.717, 1.165) is 5.56 Å². The maximum absolute atomic E-state index is 11.8. The molecule has 0 unspecified atom stereocenters. The summed E-state index contributed by atoms with van der Waals surface area (Å²) in [5.74, 6) is -1.86. The van der Waals surface area contributed by atoms with Gasteiger partial charge in [0.05, 0.1) is 7.11 Å². The molecule has 4 N–H and O–H groups in total. The van der Waals surface area contributed by atoms with Crippen LogP contribution in [-0.4, -0.2) is 42.6 Å². The van der Waals surface area contributed by atoms with Crippen LogP contribution in [0.25, 0.3) is 0 Å². The summed E-state index contributed by atoms with van der Waals surface area (Å²) in [6.07, 6.45) is 0.800. The average molecular weight is 294 g/mol. The van der Waals surface area contributed by atoms with Gasteiger partial charge in [0.2, 0.25) is 0 Å². The van der Waals surface area contributed by atoms with E-state index in [-0.39, 0.29) is 18.9 Å². The molecule has 0 radical (unpaired) electrons. The molecule has 1 rings (SSSR count). The van der Waals surface area contributed by atoms with Crippen LogP contribution in [0.4, 0.5) is 0 Å². The van der Waals surface area contributed by atoms with Gasteiger partial charge in [0.1, 0.15) is 6.04 Å². The van der Waals surface area contributed by atoms with Gasteiger partial charge >= 0.3 is 11.9 Å². The Balaban J connectivity index is 2.51. The molecular weight excluding hydrogens is 276 g/mol. The van der Waals surface area contributed by atoms with Crippen LogP contribution in [0.2, 0.25) is 0 Å². The monoisotopic (exact) mass is 294 g/mol. The summed E-state index contributed by atoms with van der Waals surface area (Å²) in [7, 11) is 1.33. The summed E-state index contributed by atoms with van der Waals surface area (Å²) in [4.78, 5) is 33.3. The fourth-order valence-electron chi connectivity index (χ4n) is 1.56. The van der Waals surface area contributed by atoms with E-state index in [1.807, 2.05) is 0 Å². The van der Waals surface area contributed by atoms with Crippen molar-refractivity contribution < 1.29 is 24.2 Å². The van der Waals surface area contributed by atoms with E-state index in [1.165, 1.54) is 7.11 Å². The molecule has 1 aromatic carbocycles. The second-order valence-electron chi connectivity index (χ2n) is 4.43. The van der Waals surface area contributed by atoms with Gasteiger partial charge in [-0.05, 0) is 24.1 Å². The molecule has 21 heavy (non-hydrogen) atoms. The Hall–Kier alpha value is -2.41. The minimum Gasteiger partial charge on any atom is -0.480 e. The standard InChI is InChI=1S/C14H18N2O5/c1-21-12(17)7-4-9-2-5-10(6-3-9)13(18)16-8-11(15)14(19)20/h2-3,5-6,11H,4,7-8,15H2,1H3,(H,16,18)(H,19,20)/t11-/m0/s1. The number of hydrogen-bond donors (Lipinski definition) is 3. The van der Waals surface area contributed by atoms with Crippen molar-refractivity contribution >= 4 is 17.8 Å². The lowest BCUT2D eigenvalue weighted by atomic mass is 10.1. The number of aryl methyl sites for hydroxylation is 1. The average Bonchev–Trinajstić information content (AvgIpc) is 2.50. The Morgan fingerprint density at radius 2 is 1.90 bits per heavy atom. The maximum Gasteiger partial charge on any atom is 0.322 e. The summed E-state index contributed by atoms with van der Waals surface area (Å²) in [6, 6.07) is 5.54. The van der Waals surface area contributed by atoms with Crippen molar-refractivity contribution in [2.24, 2.45) is 5.73 Å². The molecule has 0 fully saturated rings. The quantitative estimate of drug-likeness (QED) is 0.606. The van der Waals surface area contributed by atoms with Crippen molar-refractivity contribution in [3.8, 4) is 0 Å². The van der Waals surface area contributed by atoms with Crippen molar-refractivity contribution in [2.45, 2.75) is 18.9 Å². The Bertz CT molecular complexity index is 513. The van der Waals surface area contributed by atoms with Gasteiger partial charge in [-0.25, -0.2) is 0 Å². The first kappa shape index (κ1) is 16.6. The number of ether oxygens (including phenoxy) is 1. The number of nitrogens with one attached hydrogen (secondary N) is 1. The normalized spacial score (nSPS) is 11.5. The second kappa shape index (κ2) is 8.01. The van der Waals surface area contributed by atoms with Gasteiger partial charge in [-0.3, -0.25) is 14.4 Å². The van der Waals surface area contributed by atoms with Gasteiger partial charge in [0, 0.05) is 18.5 Å². The van der Waals surface area contributed by atoms with Crippen molar-refractivity contribution in [3.63, 3.8) is 0 Å². The molecule has 0 saturated carbocycles. The molecule has 0 heterocycles. The molecular formula is C14H18N2O5. The Kier molecular flexibility index (Phi) is 6.35. The van der Waals surface area contributed by atoms with Crippen LogP contribution in [0.15, 0.2) is 24.3 Å². The molecule has 1 atom stereocenters. The number of aliphatic carboxylic acids is 1. The smallest absolute Gasteiger partial charge is 0.322 e. The van der Waals surface area contributed by atoms with Gasteiger partial charge in [0.25, 0.3) is 5.91 Å². The fourth-order valence-corrected chi connectivity index (χ4v) is 1.56. The van der Waals surface area contributed by atoms with Crippen LogP contribution >= 0.6 is 0 Å². The summed E-state index contributed by atoms with van der Waals surface area (Å²) >= 11 is 0. The first-order valence-corrected chi connectivity index (χ1v) is 6.36. The molecule has 0 aliphatic carbocycles. The lowest BCUT2D eigenvalue weighted by Gasteiger charge is -2.09. The van der Waals surface area contributed by atoms with Crippen molar-refractivity contribution in [1.29, 1.82) is 0 Å². The van der Waals surface area contributed by atoms with Gasteiger partial charge in [0.15, 0.2) is 0 Å². The van der Waals surface area contributed by atoms with Crippen LogP contribution in [0.1, 0.15) is 22.3 Å². The molecule has 0 spiro atoms. The third kappa shape index (κ3) is 5.62. The van der Waals surface area contributed by atoms with E-state index >= 15 is 0 Å². The van der Waals surface area contributed by atoms with Crippen LogP contribution < -0.4 is 11.1 Å². The topological polar surface area (TPSA) is 119 Å². The summed E-state index contributed by atoms with van der Waals surface area (Å²) in [5, 5.41) is 11.1. The van der Waals surface area contributed by atoms with E-state index in [0.29, 0.717) is 12.0 Å². The Morgan fingerprint density at radius 1 is 1.29 bits per heavy atom. The Labute approximate surface area is 122 Å². The molecule has 7 heteroatoms. The van der Waals surface area contributed by atoms with Gasteiger partial charge in [-0.15, -0.1) is 0 Å². The van der Waals surface area contributed by atoms with Crippen LogP contribution in [0.3, 0.4) is 0 Å². The number of methoxy groups -OCH3 is 1. The van der Waals surface area contributed by atoms with Crippen molar-refractivity contribution in [2.75, 3.05) is 13.7 Å². The number of rotatable bonds is 7. The number of amides is 1. The van der Waals surface area contributed by atoms with Crippen LogP contribution in [0, 0.1) is 0 Å². The number of carbonyl (C=O) groups excluding carboxylic acids is 2. The predicted octanol–water partition coefficient (Wildman–Crippen LogP) is -0.0661. The highest BCUT2D eigenvalue weighted by atomic mass is 16.5. The van der Waals surface area contributed by atoms with E-state index in [4.69, 9.17) is 10.8 Å². The zero-order valence-corrected chi connectivity index (χ0v) is 11.7. The molecule has 0 aliphatic heterocycles. The van der Waals surface area contributed by atoms with Gasteiger partial charge < -0.3 is 20.9 Å². The zero-order chi connectivity index (χ0) is 15.8. The lowest BCUT2D eigenvalue weighted by molar-refractivity contribution is -0.140. The second-order valence-corrected chi connectivity index (χ2v) is 4.43. The summed E-state index contributed by atoms with van der Waals surface area (Å²) in [6.45, 7) is -0.141. The molecule has 7 nitrogen and oxygen atoms in total. The molecule has 0 saturated heterocycles. The largest absolute Gasteiger partial charge is 0.480 e. The predicted molar refractivity (Wildman–Crippen MR) is 74.7 cm³/mol. The molecule has 1 aromatic rings. The number of hydrogen-bond acceptors (Lipinski definition) is 5. The van der Waals surface area contributed by atoms with Gasteiger partial charge in [-0.2, -0.15) is 0 Å². The third-order valence-electron chi connectivity index (χ3n) is 2.86. The first-order chi connectivity index (χ1) is 9.93. The molecule has 0 aromatic heterocycles. The minimum atomic E-state index is -1.17. The Morgan fingerprint density at radius 3 is 2.43 bits per heavy atom. The molecule has 0 aliphatic rings. The minimum absolute atomic E-state index is 0.141. The van der Waals surface area contributed by atoms with Crippen LogP contribution in [-0.2, 0) is 20.7 Å². The summed E-state index contributed by atoms with van der Waals surface area (Å²) < 4.78 is 4.54. The lowest BCUT2D eigenvalue weighted by Crippen LogP contribution is -2.42. The van der Waals surface area contributed by atoms with Gasteiger partial charge in [-0.1, -0.05) is 12.1 Å². The summed E-state index contributed by atoms with van der Waals surface area (Å²) in [5.41, 5.74) is 6.59. The van der Waals surface area contributed by atoms with E-state index in [2.05, 4.69) is 10.1 Å². The fraction of sp³-hybridized carbons (Fsp3) is 0.357. The number of carboxylic acid groups (broad SMARTS) is 1. The van der Waals surface area contributed by atoms with Crippen molar-refractivity contribution in [1.82, 2.24) is 5.32 Å². The number of benzene rings is 1.